The molecule has 0 aromatic rings. The molecule has 1 aliphatic heterocycles. The molecule has 1 rings (SSSR count). The average Bonchev–Trinajstić information content (AvgIpc) is 2.28. The first-order valence-corrected chi connectivity index (χ1v) is 5.42. The highest BCUT2D eigenvalue weighted by atomic mass is 16.5. The first-order chi connectivity index (χ1) is 7.00. The van der Waals surface area contributed by atoms with E-state index in [1.54, 1.807) is 0 Å². The molecule has 4 nitrogen and oxygen atoms in total. The highest BCUT2D eigenvalue weighted by Crippen LogP contribution is 2.30. The number of carbonyl (C=O) groups is 1. The van der Waals surface area contributed by atoms with E-state index < -0.39 is 5.41 Å². The van der Waals surface area contributed by atoms with Crippen molar-refractivity contribution in [3.05, 3.63) is 0 Å². The van der Waals surface area contributed by atoms with E-state index in [2.05, 4.69) is 0 Å². The summed E-state index contributed by atoms with van der Waals surface area (Å²) in [5, 5.41) is 0. The van der Waals surface area contributed by atoms with E-state index in [-0.39, 0.29) is 17.9 Å². The molecule has 0 aromatic heterocycles. The van der Waals surface area contributed by atoms with Crippen molar-refractivity contribution in [1.29, 1.82) is 0 Å². The van der Waals surface area contributed by atoms with Gasteiger partial charge >= 0.3 is 5.97 Å². The number of hydrogen-bond acceptors (Lipinski definition) is 4. The minimum Gasteiger partial charge on any atom is -0.469 e. The van der Waals surface area contributed by atoms with Crippen LogP contribution in [-0.4, -0.2) is 32.3 Å². The second kappa shape index (κ2) is 4.94. The van der Waals surface area contributed by atoms with E-state index in [1.165, 1.54) is 7.11 Å². The highest BCUT2D eigenvalue weighted by Gasteiger charge is 2.40. The summed E-state index contributed by atoms with van der Waals surface area (Å²) in [6.07, 6.45) is 2.05. The summed E-state index contributed by atoms with van der Waals surface area (Å²) in [5.74, 6) is 0.00780. The van der Waals surface area contributed by atoms with Gasteiger partial charge in [-0.25, -0.2) is 0 Å². The number of carbonyl (C=O) groups excluding carboxylic acids is 1. The molecule has 1 saturated heterocycles. The Bertz CT molecular complexity index is 222. The van der Waals surface area contributed by atoms with Crippen LogP contribution in [0.15, 0.2) is 0 Å². The molecule has 0 aromatic carbocycles. The molecule has 2 N–H and O–H groups in total. The third-order valence-electron chi connectivity index (χ3n) is 3.25. The van der Waals surface area contributed by atoms with E-state index in [0.717, 1.165) is 19.4 Å². The normalized spacial score (nSPS) is 24.7. The minimum atomic E-state index is -0.639. The Morgan fingerprint density at radius 1 is 1.60 bits per heavy atom. The minimum absolute atomic E-state index is 0.203. The third-order valence-corrected chi connectivity index (χ3v) is 3.25. The maximum atomic E-state index is 11.6. The lowest BCUT2D eigenvalue weighted by molar-refractivity contribution is -0.153. The molecule has 2 unspecified atom stereocenters. The lowest BCUT2D eigenvalue weighted by atomic mass is 9.76. The van der Waals surface area contributed by atoms with Crippen molar-refractivity contribution in [1.82, 2.24) is 0 Å². The molecule has 4 heteroatoms. The van der Waals surface area contributed by atoms with E-state index in [9.17, 15) is 4.79 Å². The quantitative estimate of drug-likeness (QED) is 0.712. The Balaban J connectivity index is 2.64. The van der Waals surface area contributed by atoms with Crippen LogP contribution >= 0.6 is 0 Å². The molecule has 1 aliphatic rings. The molecule has 1 heterocycles. The molecule has 15 heavy (non-hydrogen) atoms. The first-order valence-electron chi connectivity index (χ1n) is 5.42. The zero-order valence-electron chi connectivity index (χ0n) is 9.79. The van der Waals surface area contributed by atoms with Gasteiger partial charge in [0.15, 0.2) is 0 Å². The number of methoxy groups -OCH3 is 1. The number of ether oxygens (including phenoxy) is 2. The number of hydrogen-bond donors (Lipinski definition) is 1. The molecule has 0 saturated carbocycles. The average molecular weight is 215 g/mol. The molecule has 0 bridgehead atoms. The van der Waals surface area contributed by atoms with Gasteiger partial charge in [-0.1, -0.05) is 0 Å². The summed E-state index contributed by atoms with van der Waals surface area (Å²) in [6.45, 7) is 5.12. The van der Waals surface area contributed by atoms with Gasteiger partial charge in [-0.3, -0.25) is 4.79 Å². The Morgan fingerprint density at radius 3 is 2.73 bits per heavy atom. The third kappa shape index (κ3) is 2.69. The molecule has 1 fully saturated rings. The van der Waals surface area contributed by atoms with Gasteiger partial charge in [0, 0.05) is 12.6 Å². The Morgan fingerprint density at radius 2 is 2.27 bits per heavy atom. The van der Waals surface area contributed by atoms with Gasteiger partial charge < -0.3 is 15.2 Å². The standard InChI is InChI=1S/C11H21NO3/c1-11(2,10(13)14-3)9(12)8-5-4-6-15-7-8/h8-9H,4-7,12H2,1-3H3. The van der Waals surface area contributed by atoms with Crippen LogP contribution < -0.4 is 5.73 Å². The maximum Gasteiger partial charge on any atom is 0.312 e. The monoisotopic (exact) mass is 215 g/mol. The van der Waals surface area contributed by atoms with Crippen LogP contribution in [0, 0.1) is 11.3 Å². The van der Waals surface area contributed by atoms with Crippen molar-refractivity contribution < 1.29 is 14.3 Å². The van der Waals surface area contributed by atoms with Gasteiger partial charge in [0.05, 0.1) is 19.1 Å². The van der Waals surface area contributed by atoms with Gasteiger partial charge in [0.1, 0.15) is 0 Å². The fraction of sp³-hybridized carbons (Fsp3) is 0.909. The zero-order valence-corrected chi connectivity index (χ0v) is 9.79. The van der Waals surface area contributed by atoms with Crippen LogP contribution in [0.25, 0.3) is 0 Å². The SMILES string of the molecule is COC(=O)C(C)(C)C(N)C1CCCOC1. The molecular weight excluding hydrogens is 194 g/mol. The van der Waals surface area contributed by atoms with E-state index in [0.29, 0.717) is 6.61 Å². The van der Waals surface area contributed by atoms with Crippen molar-refractivity contribution in [3.8, 4) is 0 Å². The Kier molecular flexibility index (Phi) is 4.11. The molecule has 0 spiro atoms. The number of nitrogens with two attached hydrogens (primary N) is 1. The Labute approximate surface area is 91.1 Å². The van der Waals surface area contributed by atoms with E-state index in [1.807, 2.05) is 13.8 Å². The van der Waals surface area contributed by atoms with Crippen LogP contribution in [0.5, 0.6) is 0 Å². The molecule has 0 amide bonds. The second-order valence-corrected chi connectivity index (χ2v) is 4.72. The second-order valence-electron chi connectivity index (χ2n) is 4.72. The van der Waals surface area contributed by atoms with Crippen molar-refractivity contribution in [2.75, 3.05) is 20.3 Å². The van der Waals surface area contributed by atoms with E-state index >= 15 is 0 Å². The van der Waals surface area contributed by atoms with Crippen LogP contribution in [0.3, 0.4) is 0 Å². The molecular formula is C11H21NO3. The van der Waals surface area contributed by atoms with E-state index in [4.69, 9.17) is 15.2 Å². The van der Waals surface area contributed by atoms with Crippen molar-refractivity contribution in [2.45, 2.75) is 32.7 Å². The summed E-state index contributed by atoms with van der Waals surface area (Å²) >= 11 is 0. The Hall–Kier alpha value is -0.610. The van der Waals surface area contributed by atoms with Crippen LogP contribution in [0.2, 0.25) is 0 Å². The first kappa shape index (κ1) is 12.5. The van der Waals surface area contributed by atoms with Crippen LogP contribution in [-0.2, 0) is 14.3 Å². The smallest absolute Gasteiger partial charge is 0.312 e. The zero-order chi connectivity index (χ0) is 11.5. The van der Waals surface area contributed by atoms with Gasteiger partial charge in [0.25, 0.3) is 0 Å². The summed E-state index contributed by atoms with van der Waals surface area (Å²) in [6, 6.07) is -0.203. The van der Waals surface area contributed by atoms with Crippen molar-refractivity contribution >= 4 is 5.97 Å². The highest BCUT2D eigenvalue weighted by molar-refractivity contribution is 5.76. The van der Waals surface area contributed by atoms with Crippen LogP contribution in [0.1, 0.15) is 26.7 Å². The largest absolute Gasteiger partial charge is 0.469 e. The van der Waals surface area contributed by atoms with Crippen LogP contribution in [0.4, 0.5) is 0 Å². The number of esters is 1. The fourth-order valence-electron chi connectivity index (χ4n) is 2.04. The summed E-state index contributed by atoms with van der Waals surface area (Å²) in [7, 11) is 1.40. The predicted octanol–water partition coefficient (Wildman–Crippen LogP) is 0.939. The number of rotatable bonds is 3. The molecule has 0 aliphatic carbocycles. The lowest BCUT2D eigenvalue weighted by Crippen LogP contribution is -2.50. The summed E-state index contributed by atoms with van der Waals surface area (Å²) in [4.78, 5) is 11.6. The fourth-order valence-corrected chi connectivity index (χ4v) is 2.04. The van der Waals surface area contributed by atoms with Crippen molar-refractivity contribution in [2.24, 2.45) is 17.1 Å². The molecule has 0 radical (unpaired) electrons. The van der Waals surface area contributed by atoms with Gasteiger partial charge in [-0.05, 0) is 32.6 Å². The van der Waals surface area contributed by atoms with Gasteiger partial charge in [-0.2, -0.15) is 0 Å². The maximum absolute atomic E-state index is 11.6. The summed E-state index contributed by atoms with van der Waals surface area (Å²) in [5.41, 5.74) is 5.48. The van der Waals surface area contributed by atoms with Gasteiger partial charge in [-0.15, -0.1) is 0 Å². The topological polar surface area (TPSA) is 61.5 Å². The molecule has 2 atom stereocenters. The predicted molar refractivity (Wildman–Crippen MR) is 57.3 cm³/mol. The van der Waals surface area contributed by atoms with Crippen molar-refractivity contribution in [3.63, 3.8) is 0 Å². The summed E-state index contributed by atoms with van der Waals surface area (Å²) < 4.78 is 10.1. The molecule has 88 valence electrons. The van der Waals surface area contributed by atoms with Gasteiger partial charge in [0.2, 0.25) is 0 Å². The lowest BCUT2D eigenvalue weighted by Gasteiger charge is -2.36.